The first-order valence-electron chi connectivity index (χ1n) is 5.73. The summed E-state index contributed by atoms with van der Waals surface area (Å²) in [6, 6.07) is 8.10. The summed E-state index contributed by atoms with van der Waals surface area (Å²) in [5.74, 6) is 0.131. The van der Waals surface area contributed by atoms with Gasteiger partial charge in [-0.15, -0.1) is 12.4 Å². The second-order valence-electron chi connectivity index (χ2n) is 4.38. The minimum absolute atomic E-state index is 0. The third-order valence-electron chi connectivity index (χ3n) is 3.28. The Labute approximate surface area is 109 Å². The van der Waals surface area contributed by atoms with Crippen molar-refractivity contribution in [3.05, 3.63) is 35.4 Å². The molecule has 1 aromatic rings. The fourth-order valence-corrected chi connectivity index (χ4v) is 2.14. The zero-order chi connectivity index (χ0) is 11.5. The fraction of sp³-hybridized carbons (Fsp3) is 0.462. The number of amides is 1. The van der Waals surface area contributed by atoms with E-state index in [-0.39, 0.29) is 18.3 Å². The van der Waals surface area contributed by atoms with Crippen molar-refractivity contribution < 1.29 is 4.79 Å². The largest absolute Gasteiger partial charge is 0.337 e. The summed E-state index contributed by atoms with van der Waals surface area (Å²) < 4.78 is 0. The third-order valence-corrected chi connectivity index (χ3v) is 3.28. The summed E-state index contributed by atoms with van der Waals surface area (Å²) in [7, 11) is 1.90. The molecular weight excluding hydrogens is 236 g/mol. The Morgan fingerprint density at radius 3 is 2.71 bits per heavy atom. The quantitative estimate of drug-likeness (QED) is 0.874. The van der Waals surface area contributed by atoms with E-state index in [1.165, 1.54) is 0 Å². The van der Waals surface area contributed by atoms with Gasteiger partial charge in [-0.1, -0.05) is 18.2 Å². The SMILES string of the molecule is Cc1ccccc1C(=O)N(C)C1CCNC1.Cl. The normalized spacial score (nSPS) is 18.6. The molecule has 1 atom stereocenters. The molecule has 0 radical (unpaired) electrons. The lowest BCUT2D eigenvalue weighted by Gasteiger charge is -2.24. The number of carbonyl (C=O) groups excluding carboxylic acids is 1. The van der Waals surface area contributed by atoms with Crippen LogP contribution >= 0.6 is 12.4 Å². The van der Waals surface area contributed by atoms with E-state index in [1.54, 1.807) is 0 Å². The Morgan fingerprint density at radius 1 is 1.41 bits per heavy atom. The summed E-state index contributed by atoms with van der Waals surface area (Å²) in [5.41, 5.74) is 1.86. The van der Waals surface area contributed by atoms with Gasteiger partial charge in [0.05, 0.1) is 0 Å². The van der Waals surface area contributed by atoms with E-state index >= 15 is 0 Å². The molecule has 1 heterocycles. The van der Waals surface area contributed by atoms with Crippen LogP contribution in [0.4, 0.5) is 0 Å². The number of rotatable bonds is 2. The number of hydrogen-bond donors (Lipinski definition) is 1. The van der Waals surface area contributed by atoms with Crippen LogP contribution in [0.5, 0.6) is 0 Å². The van der Waals surface area contributed by atoms with Gasteiger partial charge in [-0.05, 0) is 31.5 Å². The van der Waals surface area contributed by atoms with Gasteiger partial charge in [0.25, 0.3) is 5.91 Å². The summed E-state index contributed by atoms with van der Waals surface area (Å²) >= 11 is 0. The number of halogens is 1. The molecule has 2 rings (SSSR count). The number of carbonyl (C=O) groups is 1. The molecular formula is C13H19ClN2O. The van der Waals surface area contributed by atoms with E-state index in [1.807, 2.05) is 43.1 Å². The minimum Gasteiger partial charge on any atom is -0.337 e. The van der Waals surface area contributed by atoms with Crippen LogP contribution in [0.2, 0.25) is 0 Å². The molecule has 1 fully saturated rings. The predicted octanol–water partition coefficient (Wildman–Crippen LogP) is 1.85. The van der Waals surface area contributed by atoms with Crippen LogP contribution in [0.15, 0.2) is 24.3 Å². The smallest absolute Gasteiger partial charge is 0.254 e. The molecule has 0 aliphatic carbocycles. The first kappa shape index (κ1) is 14.0. The van der Waals surface area contributed by atoms with Crippen LogP contribution in [0.1, 0.15) is 22.3 Å². The van der Waals surface area contributed by atoms with Gasteiger partial charge in [-0.2, -0.15) is 0 Å². The van der Waals surface area contributed by atoms with Gasteiger partial charge in [-0.25, -0.2) is 0 Å². The van der Waals surface area contributed by atoms with Crippen molar-refractivity contribution >= 4 is 18.3 Å². The standard InChI is InChI=1S/C13H18N2O.ClH/c1-10-5-3-4-6-12(10)13(16)15(2)11-7-8-14-9-11;/h3-6,11,14H,7-9H2,1-2H3;1H. The Kier molecular flexibility index (Phi) is 4.97. The summed E-state index contributed by atoms with van der Waals surface area (Å²) in [6.07, 6.45) is 1.05. The van der Waals surface area contributed by atoms with E-state index in [4.69, 9.17) is 0 Å². The second-order valence-corrected chi connectivity index (χ2v) is 4.38. The lowest BCUT2D eigenvalue weighted by Crippen LogP contribution is -2.38. The number of benzene rings is 1. The van der Waals surface area contributed by atoms with Crippen molar-refractivity contribution in [2.24, 2.45) is 0 Å². The number of hydrogen-bond acceptors (Lipinski definition) is 2. The van der Waals surface area contributed by atoms with Crippen molar-refractivity contribution in [2.45, 2.75) is 19.4 Å². The van der Waals surface area contributed by atoms with Crippen LogP contribution in [0.25, 0.3) is 0 Å². The topological polar surface area (TPSA) is 32.3 Å². The highest BCUT2D eigenvalue weighted by atomic mass is 35.5. The highest BCUT2D eigenvalue weighted by molar-refractivity contribution is 5.95. The van der Waals surface area contributed by atoms with E-state index in [2.05, 4.69) is 5.32 Å². The van der Waals surface area contributed by atoms with Gasteiger partial charge in [0, 0.05) is 25.2 Å². The molecule has 17 heavy (non-hydrogen) atoms. The van der Waals surface area contributed by atoms with Crippen LogP contribution in [-0.2, 0) is 0 Å². The lowest BCUT2D eigenvalue weighted by molar-refractivity contribution is 0.0743. The molecule has 4 heteroatoms. The molecule has 1 N–H and O–H groups in total. The minimum atomic E-state index is 0. The second kappa shape index (κ2) is 6.03. The molecule has 1 amide bonds. The maximum absolute atomic E-state index is 12.3. The molecule has 1 unspecified atom stereocenters. The Hall–Kier alpha value is -1.06. The van der Waals surface area contributed by atoms with Crippen LogP contribution in [0.3, 0.4) is 0 Å². The highest BCUT2D eigenvalue weighted by Crippen LogP contribution is 2.14. The van der Waals surface area contributed by atoms with Crippen LogP contribution < -0.4 is 5.32 Å². The van der Waals surface area contributed by atoms with Crippen molar-refractivity contribution in [1.82, 2.24) is 10.2 Å². The first-order chi connectivity index (χ1) is 7.70. The zero-order valence-corrected chi connectivity index (χ0v) is 11.1. The maximum Gasteiger partial charge on any atom is 0.254 e. The third kappa shape index (κ3) is 2.99. The molecule has 0 aromatic heterocycles. The molecule has 0 saturated carbocycles. The Bertz CT molecular complexity index is 389. The van der Waals surface area contributed by atoms with Crippen molar-refractivity contribution in [3.63, 3.8) is 0 Å². The first-order valence-corrected chi connectivity index (χ1v) is 5.73. The highest BCUT2D eigenvalue weighted by Gasteiger charge is 2.24. The monoisotopic (exact) mass is 254 g/mol. The van der Waals surface area contributed by atoms with E-state index in [9.17, 15) is 4.79 Å². The number of nitrogens with one attached hydrogen (secondary N) is 1. The maximum atomic E-state index is 12.3. The van der Waals surface area contributed by atoms with E-state index in [0.29, 0.717) is 6.04 Å². The summed E-state index contributed by atoms with van der Waals surface area (Å²) in [5, 5.41) is 3.28. The summed E-state index contributed by atoms with van der Waals surface area (Å²) in [6.45, 7) is 3.90. The fourth-order valence-electron chi connectivity index (χ4n) is 2.14. The summed E-state index contributed by atoms with van der Waals surface area (Å²) in [4.78, 5) is 14.1. The van der Waals surface area contributed by atoms with Crippen LogP contribution in [0, 0.1) is 6.92 Å². The molecule has 1 aliphatic rings. The van der Waals surface area contributed by atoms with Crippen LogP contribution in [-0.4, -0.2) is 37.0 Å². The van der Waals surface area contributed by atoms with Crippen molar-refractivity contribution in [1.29, 1.82) is 0 Å². The number of aryl methyl sites for hydroxylation is 1. The van der Waals surface area contributed by atoms with Crippen molar-refractivity contribution in [3.8, 4) is 0 Å². The molecule has 0 bridgehead atoms. The predicted molar refractivity (Wildman–Crippen MR) is 71.8 cm³/mol. The van der Waals surface area contributed by atoms with Gasteiger partial charge < -0.3 is 10.2 Å². The Balaban J connectivity index is 0.00000144. The molecule has 1 saturated heterocycles. The lowest BCUT2D eigenvalue weighted by atomic mass is 10.1. The van der Waals surface area contributed by atoms with Gasteiger partial charge >= 0.3 is 0 Å². The average molecular weight is 255 g/mol. The number of likely N-dealkylation sites (N-methyl/N-ethyl adjacent to an activating group) is 1. The zero-order valence-electron chi connectivity index (χ0n) is 10.3. The van der Waals surface area contributed by atoms with Crippen molar-refractivity contribution in [2.75, 3.05) is 20.1 Å². The van der Waals surface area contributed by atoms with Gasteiger partial charge in [0.1, 0.15) is 0 Å². The molecule has 3 nitrogen and oxygen atoms in total. The van der Waals surface area contributed by atoms with Gasteiger partial charge in [0.2, 0.25) is 0 Å². The molecule has 1 aliphatic heterocycles. The van der Waals surface area contributed by atoms with Gasteiger partial charge in [-0.3, -0.25) is 4.79 Å². The number of nitrogens with zero attached hydrogens (tertiary/aromatic N) is 1. The average Bonchev–Trinajstić information content (AvgIpc) is 2.81. The van der Waals surface area contributed by atoms with E-state index < -0.39 is 0 Å². The molecule has 1 aromatic carbocycles. The molecule has 0 spiro atoms. The molecule has 94 valence electrons. The van der Waals surface area contributed by atoms with E-state index in [0.717, 1.165) is 30.6 Å². The Morgan fingerprint density at radius 2 is 2.12 bits per heavy atom. The van der Waals surface area contributed by atoms with Gasteiger partial charge in [0.15, 0.2) is 0 Å².